The van der Waals surface area contributed by atoms with Crippen molar-refractivity contribution >= 4 is 51.1 Å². The second kappa shape index (κ2) is 14.7. The molecule has 1 N–H and O–H groups in total. The molecule has 4 fully saturated rings. The van der Waals surface area contributed by atoms with Crippen molar-refractivity contribution in [2.45, 2.75) is 53.6 Å². The van der Waals surface area contributed by atoms with Crippen molar-refractivity contribution in [3.05, 3.63) is 55.6 Å². The number of alkyl halides is 1. The predicted octanol–water partition coefficient (Wildman–Crippen LogP) is 3.42. The molecule has 1 spiro atoms. The number of halogens is 1. The van der Waals surface area contributed by atoms with Crippen molar-refractivity contribution in [1.29, 1.82) is 0 Å². The Morgan fingerprint density at radius 1 is 1.16 bits per heavy atom. The Kier molecular flexibility index (Phi) is 11.2. The van der Waals surface area contributed by atoms with E-state index in [1.54, 1.807) is 33.7 Å². The maximum Gasteiger partial charge on any atom is 0.247 e. The van der Waals surface area contributed by atoms with E-state index in [1.807, 2.05) is 35.2 Å². The number of carbonyl (C=O) groups is 3. The molecule has 4 saturated heterocycles. The first-order valence-electron chi connectivity index (χ1n) is 16.1. The number of nitrogens with zero attached hydrogens (tertiary/aromatic N) is 4. The molecule has 7 atom stereocenters. The molecule has 0 aliphatic carbocycles. The number of ether oxygens (including phenoxy) is 1. The number of morpholine rings is 1. The number of amides is 3. The molecule has 5 rings (SSSR count). The first-order valence-corrected chi connectivity index (χ1v) is 17.9. The van der Waals surface area contributed by atoms with Gasteiger partial charge in [0.05, 0.1) is 42.4 Å². The van der Waals surface area contributed by atoms with Crippen LogP contribution in [0.2, 0.25) is 0 Å². The fourth-order valence-electron chi connectivity index (χ4n) is 7.79. The number of fused-ring (bicyclic) bond motifs is 1. The minimum absolute atomic E-state index is 0.0454. The van der Waals surface area contributed by atoms with Gasteiger partial charge in [-0.25, -0.2) is 0 Å². The molecule has 0 radical (unpaired) electrons. The van der Waals surface area contributed by atoms with Crippen LogP contribution in [0, 0.1) is 17.8 Å². The van der Waals surface area contributed by atoms with Crippen molar-refractivity contribution in [2.75, 3.05) is 64.0 Å². The maximum absolute atomic E-state index is 14.9. The molecule has 4 heterocycles. The fourth-order valence-corrected chi connectivity index (χ4v) is 11.4. The lowest BCUT2D eigenvalue weighted by atomic mass is 9.70. The second-order valence-electron chi connectivity index (χ2n) is 13.0. The molecule has 11 heteroatoms. The lowest BCUT2D eigenvalue weighted by Gasteiger charge is -2.40. The summed E-state index contributed by atoms with van der Waals surface area (Å²) in [4.78, 5) is 51.7. The van der Waals surface area contributed by atoms with Gasteiger partial charge in [-0.15, -0.1) is 24.9 Å². The van der Waals surface area contributed by atoms with Gasteiger partial charge in [0.15, 0.2) is 0 Å². The molecular formula is C34H47BrN4O5S. The molecule has 3 unspecified atom stereocenters. The van der Waals surface area contributed by atoms with Gasteiger partial charge in [-0.05, 0) is 30.9 Å². The van der Waals surface area contributed by atoms with E-state index < -0.39 is 28.7 Å². The van der Waals surface area contributed by atoms with Crippen molar-refractivity contribution in [2.24, 2.45) is 17.8 Å². The van der Waals surface area contributed by atoms with Crippen LogP contribution in [-0.4, -0.2) is 124 Å². The number of hydrogen-bond donors (Lipinski definition) is 1. The number of likely N-dealkylation sites (tertiary alicyclic amines) is 1. The summed E-state index contributed by atoms with van der Waals surface area (Å²) in [6.07, 6.45) is 4.58. The Hall–Kier alpha value is -2.18. The molecule has 3 amide bonds. The van der Waals surface area contributed by atoms with Gasteiger partial charge in [0.2, 0.25) is 17.7 Å². The highest BCUT2D eigenvalue weighted by Crippen LogP contribution is 2.68. The SMILES string of the molecule is C=CCN(CCN1CCOCC1)C(=O)C1N([C@@H](CO)CC(C)C)C(=O)[C@@H]2[C@@H](C(=O)N(CC=C)c3ccccc3)[C@@H]3SC12CC3Br. The summed E-state index contributed by atoms with van der Waals surface area (Å²) in [5, 5.41) is 10.5. The van der Waals surface area contributed by atoms with E-state index in [9.17, 15) is 19.5 Å². The van der Waals surface area contributed by atoms with Crippen LogP contribution >= 0.6 is 27.7 Å². The topological polar surface area (TPSA) is 93.6 Å². The Morgan fingerprint density at radius 3 is 2.47 bits per heavy atom. The van der Waals surface area contributed by atoms with E-state index in [0.717, 1.165) is 18.8 Å². The third-order valence-corrected chi connectivity index (χ3v) is 12.9. The molecule has 1 aromatic carbocycles. The number of anilines is 1. The standard InChI is InChI=1S/C34H47BrN4O5S/c1-5-12-37(15-14-36-16-18-44-19-17-36)33(43)30-34-21-26(35)29(45-34)27(28(34)32(42)39(30)25(22-40)20-23(3)4)31(41)38(13-6-2)24-10-8-7-9-11-24/h5-11,23,25-30,40H,1-2,12-22H2,3-4H3/t25-,26?,27-,28+,29-,30?,34?/m1/s1. The average molecular weight is 704 g/mol. The fraction of sp³-hybridized carbons (Fsp3) is 0.618. The molecule has 246 valence electrons. The van der Waals surface area contributed by atoms with Crippen LogP contribution in [0.1, 0.15) is 26.7 Å². The number of aliphatic hydroxyl groups is 1. The number of benzene rings is 1. The summed E-state index contributed by atoms with van der Waals surface area (Å²) < 4.78 is 4.71. The lowest BCUT2D eigenvalue weighted by molar-refractivity contribution is -0.146. The summed E-state index contributed by atoms with van der Waals surface area (Å²) in [6.45, 7) is 16.5. The number of thioether (sulfide) groups is 1. The third kappa shape index (κ3) is 6.52. The molecule has 4 aliphatic heterocycles. The quantitative estimate of drug-likeness (QED) is 0.235. The van der Waals surface area contributed by atoms with Gasteiger partial charge < -0.3 is 24.5 Å². The molecular weight excluding hydrogens is 656 g/mol. The monoisotopic (exact) mass is 702 g/mol. The average Bonchev–Trinajstić information content (AvgIpc) is 3.64. The molecule has 4 aliphatic rings. The summed E-state index contributed by atoms with van der Waals surface area (Å²) in [5.41, 5.74) is 0.749. The third-order valence-electron chi connectivity index (χ3n) is 9.69. The van der Waals surface area contributed by atoms with Crippen molar-refractivity contribution in [3.8, 4) is 0 Å². The summed E-state index contributed by atoms with van der Waals surface area (Å²) in [5.74, 6) is -1.56. The zero-order chi connectivity index (χ0) is 32.3. The van der Waals surface area contributed by atoms with Gasteiger partial charge in [0, 0.05) is 55.0 Å². The van der Waals surface area contributed by atoms with Crippen molar-refractivity contribution < 1.29 is 24.2 Å². The highest BCUT2D eigenvalue weighted by molar-refractivity contribution is 9.09. The Bertz CT molecular complexity index is 1250. The van der Waals surface area contributed by atoms with E-state index in [2.05, 4.69) is 47.8 Å². The summed E-state index contributed by atoms with van der Waals surface area (Å²) in [7, 11) is 0. The minimum Gasteiger partial charge on any atom is -0.394 e. The van der Waals surface area contributed by atoms with Gasteiger partial charge >= 0.3 is 0 Å². The largest absolute Gasteiger partial charge is 0.394 e. The summed E-state index contributed by atoms with van der Waals surface area (Å²) in [6, 6.07) is 8.15. The Morgan fingerprint density at radius 2 is 1.84 bits per heavy atom. The number of para-hydroxylation sites is 1. The number of rotatable bonds is 14. The van der Waals surface area contributed by atoms with Crippen LogP contribution in [0.5, 0.6) is 0 Å². The first kappa shape index (κ1) is 34.2. The van der Waals surface area contributed by atoms with Crippen LogP contribution in [0.3, 0.4) is 0 Å². The zero-order valence-electron chi connectivity index (χ0n) is 26.4. The van der Waals surface area contributed by atoms with Crippen molar-refractivity contribution in [1.82, 2.24) is 14.7 Å². The maximum atomic E-state index is 14.9. The molecule has 1 aromatic rings. The number of aliphatic hydroxyl groups excluding tert-OH is 1. The van der Waals surface area contributed by atoms with Gasteiger partial charge in [-0.3, -0.25) is 19.3 Å². The highest BCUT2D eigenvalue weighted by Gasteiger charge is 2.76. The Balaban J connectivity index is 1.54. The van der Waals surface area contributed by atoms with Crippen LogP contribution in [0.15, 0.2) is 55.6 Å². The molecule has 9 nitrogen and oxygen atoms in total. The van der Waals surface area contributed by atoms with Gasteiger partial charge in [0.1, 0.15) is 6.04 Å². The smallest absolute Gasteiger partial charge is 0.247 e. The van der Waals surface area contributed by atoms with Gasteiger partial charge in [-0.2, -0.15) is 0 Å². The molecule has 45 heavy (non-hydrogen) atoms. The Labute approximate surface area is 280 Å². The molecule has 0 aromatic heterocycles. The highest BCUT2D eigenvalue weighted by atomic mass is 79.9. The van der Waals surface area contributed by atoms with Crippen LogP contribution < -0.4 is 4.90 Å². The lowest BCUT2D eigenvalue weighted by Crippen LogP contribution is -2.58. The predicted molar refractivity (Wildman–Crippen MR) is 182 cm³/mol. The van der Waals surface area contributed by atoms with E-state index in [-0.39, 0.29) is 40.3 Å². The second-order valence-corrected chi connectivity index (χ2v) is 15.7. The van der Waals surface area contributed by atoms with E-state index >= 15 is 0 Å². The molecule has 2 bridgehead atoms. The first-order chi connectivity index (χ1) is 21.7. The minimum atomic E-state index is -0.799. The van der Waals surface area contributed by atoms with Crippen LogP contribution in [0.25, 0.3) is 0 Å². The number of hydrogen-bond acceptors (Lipinski definition) is 7. The van der Waals surface area contributed by atoms with Gasteiger partial charge in [-0.1, -0.05) is 60.1 Å². The van der Waals surface area contributed by atoms with Crippen LogP contribution in [-0.2, 0) is 19.1 Å². The van der Waals surface area contributed by atoms with E-state index in [4.69, 9.17) is 4.74 Å². The van der Waals surface area contributed by atoms with Gasteiger partial charge in [0.25, 0.3) is 0 Å². The number of carbonyl (C=O) groups excluding carboxylic acids is 3. The zero-order valence-corrected chi connectivity index (χ0v) is 28.8. The molecule has 0 saturated carbocycles. The van der Waals surface area contributed by atoms with E-state index in [1.165, 1.54) is 0 Å². The summed E-state index contributed by atoms with van der Waals surface area (Å²) >= 11 is 5.52. The van der Waals surface area contributed by atoms with E-state index in [0.29, 0.717) is 52.2 Å². The van der Waals surface area contributed by atoms with Crippen LogP contribution in [0.4, 0.5) is 5.69 Å². The normalized spacial score (nSPS) is 29.9. The van der Waals surface area contributed by atoms with Crippen molar-refractivity contribution in [3.63, 3.8) is 0 Å².